The number of carboxylic acids is 17. The Morgan fingerprint density at radius 1 is 0.144 bits per heavy atom. The van der Waals surface area contributed by atoms with E-state index in [-0.39, 0.29) is 6.42 Å². The smallest absolute Gasteiger partial charge is 0.309 e. The van der Waals surface area contributed by atoms with E-state index < -0.39 is 296 Å². The monoisotopic (exact) mass is 1490 g/mol. The number of carboxylic acid groups (broad SMARTS) is 17. The second-order valence-electron chi connectivity index (χ2n) is 35.2. The third-order valence-corrected chi connectivity index (χ3v) is 22.2. The zero-order valence-corrected chi connectivity index (χ0v) is 62.6. The summed E-state index contributed by atoms with van der Waals surface area (Å²) in [6.45, 7) is 17.9. The minimum atomic E-state index is -2.77. The lowest BCUT2D eigenvalue weighted by Gasteiger charge is -2.46. The normalized spacial score (nSPS) is 21.3. The fourth-order valence-electron chi connectivity index (χ4n) is 17.5. The first-order valence-electron chi connectivity index (χ1n) is 32.9. The van der Waals surface area contributed by atoms with Crippen molar-refractivity contribution < 1.29 is 168 Å². The lowest BCUT2D eigenvalue weighted by molar-refractivity contribution is -0.173. The summed E-state index contributed by atoms with van der Waals surface area (Å²) >= 11 is 0. The van der Waals surface area contributed by atoms with Crippen molar-refractivity contribution in [3.63, 3.8) is 0 Å². The third kappa shape index (κ3) is 21.3. The van der Waals surface area contributed by atoms with Crippen molar-refractivity contribution in [3.8, 4) is 0 Å². The summed E-state index contributed by atoms with van der Waals surface area (Å²) in [5, 5.41) is 183. The van der Waals surface area contributed by atoms with E-state index in [0.717, 1.165) is 118 Å². The molecule has 104 heavy (non-hydrogen) atoms. The second-order valence-corrected chi connectivity index (χ2v) is 35.2. The SMILES string of the molecule is CCC(C)(CC(C)(CC(C)(CC(C)(CC(C)(CC(C)(CC(C)(CC(C)(CC(C)(CC(C)(CC(C)(CC(C)(CC(C)(CC(C)(CC(C)(CC(C)(CC(C)(C)C(=O)O)C(=O)O)C(=O)O)C(=O)O)C(=O)O)C(=O)O)C(=O)O)C(=O)O)C(=O)O)C(=O)O)C(=O)O)C(=O)O)C(=O)O)C(=O)O)C(=O)O)C(=O)O)C(=O)O. The van der Waals surface area contributed by atoms with Crippen LogP contribution < -0.4 is 0 Å². The summed E-state index contributed by atoms with van der Waals surface area (Å²) in [6.07, 6.45) is -18.3. The van der Waals surface area contributed by atoms with Gasteiger partial charge >= 0.3 is 101 Å². The van der Waals surface area contributed by atoms with E-state index in [4.69, 9.17) is 0 Å². The first-order valence-corrected chi connectivity index (χ1v) is 32.9. The summed E-state index contributed by atoms with van der Waals surface area (Å²) < 4.78 is 0. The first kappa shape index (κ1) is 95.0. The Labute approximate surface area is 600 Å². The average Bonchev–Trinajstić information content (AvgIpc) is 0.762. The van der Waals surface area contributed by atoms with Gasteiger partial charge in [-0.2, -0.15) is 0 Å². The van der Waals surface area contributed by atoms with Crippen molar-refractivity contribution in [1.29, 1.82) is 0 Å². The molecule has 0 aromatic rings. The average molecular weight is 1490 g/mol. The third-order valence-electron chi connectivity index (χ3n) is 22.2. The van der Waals surface area contributed by atoms with Crippen molar-refractivity contribution >= 4 is 101 Å². The molecule has 0 aromatic heterocycles. The molecule has 16 unspecified atom stereocenters. The quantitative estimate of drug-likeness (QED) is 0.0270. The first-order chi connectivity index (χ1) is 45.9. The van der Waals surface area contributed by atoms with Crippen LogP contribution in [-0.4, -0.2) is 188 Å². The molecule has 0 bridgehead atoms. The minimum absolute atomic E-state index is 0.150. The summed E-state index contributed by atoms with van der Waals surface area (Å²) in [4.78, 5) is 226. The van der Waals surface area contributed by atoms with Crippen LogP contribution in [0.2, 0.25) is 0 Å². The largest absolute Gasteiger partial charge is 0.481 e. The van der Waals surface area contributed by atoms with Gasteiger partial charge < -0.3 is 86.8 Å². The molecule has 0 aromatic carbocycles. The number of hydrogen-bond donors (Lipinski definition) is 17. The molecule has 0 aliphatic carbocycles. The fraction of sp³-hybridized carbons (Fsp3) is 0.757. The van der Waals surface area contributed by atoms with Crippen molar-refractivity contribution in [3.05, 3.63) is 0 Å². The van der Waals surface area contributed by atoms with Gasteiger partial charge in [0.25, 0.3) is 0 Å². The molecule has 0 aliphatic heterocycles. The van der Waals surface area contributed by atoms with Crippen LogP contribution in [0.5, 0.6) is 0 Å². The van der Waals surface area contributed by atoms with Crippen LogP contribution in [0.1, 0.15) is 241 Å². The number of aliphatic carboxylic acids is 17. The molecule has 0 spiro atoms. The van der Waals surface area contributed by atoms with Gasteiger partial charge in [0.1, 0.15) is 0 Å². The Hall–Kier alpha value is -9.01. The highest BCUT2D eigenvalue weighted by Gasteiger charge is 2.63. The highest BCUT2D eigenvalue weighted by atomic mass is 16.4. The Morgan fingerprint density at radius 2 is 0.221 bits per heavy atom. The molecule has 0 heterocycles. The highest BCUT2D eigenvalue weighted by molar-refractivity contribution is 5.88. The molecule has 34 nitrogen and oxygen atoms in total. The molecule has 0 aliphatic rings. The summed E-state index contributed by atoms with van der Waals surface area (Å²) in [5.41, 5.74) is -42.5. The van der Waals surface area contributed by atoms with Crippen molar-refractivity contribution in [2.75, 3.05) is 0 Å². The van der Waals surface area contributed by atoms with Gasteiger partial charge in [0.05, 0.1) is 92.1 Å². The van der Waals surface area contributed by atoms with Gasteiger partial charge in [-0.1, -0.05) is 6.92 Å². The molecule has 592 valence electrons. The summed E-state index contributed by atoms with van der Waals surface area (Å²) in [5.74, 6) is -31.6. The van der Waals surface area contributed by atoms with Crippen LogP contribution in [0.25, 0.3) is 0 Å². The van der Waals surface area contributed by atoms with E-state index >= 15 is 0 Å². The van der Waals surface area contributed by atoms with Gasteiger partial charge in [0.2, 0.25) is 0 Å². The molecule has 0 saturated heterocycles. The van der Waals surface area contributed by atoms with Gasteiger partial charge in [0, 0.05) is 0 Å². The molecular formula is C70H108O34. The molecule has 0 rings (SSSR count). The maximum absolute atomic E-state index is 13.7. The number of carbonyl (C=O) groups is 17. The molecule has 0 amide bonds. The molecule has 17 N–H and O–H groups in total. The van der Waals surface area contributed by atoms with E-state index in [1.165, 1.54) is 13.8 Å². The molecule has 0 radical (unpaired) electrons. The van der Waals surface area contributed by atoms with E-state index in [9.17, 15) is 168 Å². The molecule has 16 atom stereocenters. The Bertz CT molecular complexity index is 3470. The second kappa shape index (κ2) is 31.4. The van der Waals surface area contributed by atoms with Crippen LogP contribution in [0.3, 0.4) is 0 Å². The highest BCUT2D eigenvalue weighted by Crippen LogP contribution is 2.59. The molecule has 0 saturated carbocycles. The number of hydrogen-bond acceptors (Lipinski definition) is 17. The van der Waals surface area contributed by atoms with Crippen LogP contribution in [-0.2, 0) is 81.5 Å². The Morgan fingerprint density at radius 3 is 0.288 bits per heavy atom. The maximum atomic E-state index is 13.7. The predicted molar refractivity (Wildman–Crippen MR) is 357 cm³/mol. The molecular weight excluding hydrogens is 1380 g/mol. The predicted octanol–water partition coefficient (Wildman–Crippen LogP) is 9.20. The van der Waals surface area contributed by atoms with E-state index in [1.54, 1.807) is 0 Å². The fourth-order valence-corrected chi connectivity index (χ4v) is 17.5. The van der Waals surface area contributed by atoms with Crippen LogP contribution >= 0.6 is 0 Å². The van der Waals surface area contributed by atoms with Crippen LogP contribution in [0, 0.1) is 92.1 Å². The zero-order valence-electron chi connectivity index (χ0n) is 62.6. The summed E-state index contributed by atoms with van der Waals surface area (Å²) in [6, 6.07) is 0. The standard InChI is InChI=1S/C70H108O34/c1-20-55(4,38(73)74)22-57(6,40(77)78)24-59(8,42(81)82)26-61(10,44(85)86)28-63(12,46(89)90)30-65(14,48(93)94)32-67(16,50(97)98)34-69(18,52(101)102)36-70(19,53(103)104)35-68(17,51(99)100)33-66(15,49(95)96)31-64(13,47(91)92)29-62(11,45(87)88)27-60(9,43(83)84)25-58(7,41(79)80)23-56(5,39(75)76)21-54(2,3)37(71)72/h20-36H2,1-19H3,(H,71,72)(H,73,74)(H,75,76)(H,77,78)(H,79,80)(H,81,82)(H,83,84)(H,85,86)(H,87,88)(H,89,90)(H,91,92)(H,93,94)(H,95,96)(H,97,98)(H,99,100)(H,101,102)(H,103,104). The van der Waals surface area contributed by atoms with Gasteiger partial charge in [-0.3, -0.25) is 81.5 Å². The minimum Gasteiger partial charge on any atom is -0.481 e. The van der Waals surface area contributed by atoms with Crippen molar-refractivity contribution in [1.82, 2.24) is 0 Å². The van der Waals surface area contributed by atoms with E-state index in [1.807, 2.05) is 0 Å². The van der Waals surface area contributed by atoms with Gasteiger partial charge in [0.15, 0.2) is 0 Å². The van der Waals surface area contributed by atoms with Crippen molar-refractivity contribution in [2.24, 2.45) is 92.1 Å². The molecule has 34 heteroatoms. The number of rotatable bonds is 50. The van der Waals surface area contributed by atoms with Crippen molar-refractivity contribution in [2.45, 2.75) is 241 Å². The maximum Gasteiger partial charge on any atom is 0.309 e. The Balaban J connectivity index is 8.16. The van der Waals surface area contributed by atoms with E-state index in [0.29, 0.717) is 0 Å². The lowest BCUT2D eigenvalue weighted by Crippen LogP contribution is -2.51. The van der Waals surface area contributed by atoms with Crippen LogP contribution in [0.4, 0.5) is 0 Å². The molecule has 0 fully saturated rings. The van der Waals surface area contributed by atoms with E-state index in [2.05, 4.69) is 0 Å². The summed E-state index contributed by atoms with van der Waals surface area (Å²) in [7, 11) is 0. The van der Waals surface area contributed by atoms with Crippen LogP contribution in [0.15, 0.2) is 0 Å². The van der Waals surface area contributed by atoms with Gasteiger partial charge in [-0.25, -0.2) is 0 Å². The zero-order chi connectivity index (χ0) is 83.3. The van der Waals surface area contributed by atoms with Gasteiger partial charge in [-0.15, -0.1) is 0 Å². The Kier molecular flexibility index (Phi) is 28.6. The lowest BCUT2D eigenvalue weighted by atomic mass is 9.55. The van der Waals surface area contributed by atoms with Gasteiger partial charge in [-0.05, 0) is 234 Å². The topological polar surface area (TPSA) is 634 Å².